The second kappa shape index (κ2) is 11.6. The number of hydrogen-bond donors (Lipinski definition) is 0. The van der Waals surface area contributed by atoms with Crippen molar-refractivity contribution in [2.75, 3.05) is 4.90 Å². The highest BCUT2D eigenvalue weighted by Gasteiger charge is 2.17. The molecule has 8 rings (SSSR count). The molecule has 0 radical (unpaired) electrons. The van der Waals surface area contributed by atoms with E-state index in [9.17, 15) is 0 Å². The van der Waals surface area contributed by atoms with Gasteiger partial charge in [0.2, 0.25) is 0 Å². The lowest BCUT2D eigenvalue weighted by Gasteiger charge is -2.27. The van der Waals surface area contributed by atoms with Crippen molar-refractivity contribution in [3.63, 3.8) is 0 Å². The Hall–Kier alpha value is -5.38. The maximum absolute atomic E-state index is 3.87. The van der Waals surface area contributed by atoms with Gasteiger partial charge in [0, 0.05) is 38.0 Å². The van der Waals surface area contributed by atoms with Gasteiger partial charge in [0.05, 0.1) is 11.0 Å². The topological polar surface area (TPSA) is 8.17 Å². The summed E-state index contributed by atoms with van der Waals surface area (Å²) in [6.45, 7) is 0. The highest BCUT2D eigenvalue weighted by atomic mass is 79.9. The lowest BCUT2D eigenvalue weighted by molar-refractivity contribution is 1.18. The fourth-order valence-electron chi connectivity index (χ4n) is 6.35. The van der Waals surface area contributed by atoms with Gasteiger partial charge in [-0.1, -0.05) is 125 Å². The normalized spacial score (nSPS) is 11.2. The Kier molecular flexibility index (Phi) is 7.01. The number of hydrogen-bond acceptors (Lipinski definition) is 1. The third kappa shape index (κ3) is 5.12. The maximum Gasteiger partial charge on any atom is 0.0547 e. The van der Waals surface area contributed by atoms with E-state index >= 15 is 0 Å². The van der Waals surface area contributed by atoms with Crippen LogP contribution >= 0.6 is 15.9 Å². The summed E-state index contributed by atoms with van der Waals surface area (Å²) in [5, 5.41) is 2.50. The molecule has 0 amide bonds. The largest absolute Gasteiger partial charge is 0.310 e. The molecule has 0 aliphatic rings. The van der Waals surface area contributed by atoms with Crippen LogP contribution in [0.25, 0.3) is 49.7 Å². The van der Waals surface area contributed by atoms with Crippen LogP contribution < -0.4 is 4.90 Å². The van der Waals surface area contributed by atoms with E-state index in [4.69, 9.17) is 0 Å². The predicted molar refractivity (Wildman–Crippen MR) is 194 cm³/mol. The fourth-order valence-corrected chi connectivity index (χ4v) is 6.84. The molecule has 8 aromatic rings. The summed E-state index contributed by atoms with van der Waals surface area (Å²) in [7, 11) is 0. The van der Waals surface area contributed by atoms with Gasteiger partial charge in [0.15, 0.2) is 0 Å². The molecule has 0 saturated carbocycles. The number of halogens is 1. The standard InChI is InChI=1S/C42H29BrN2/c43-34-25-33(32-23-24-40-39-21-10-11-22-41(39)45(42(40)28-32)36-18-8-3-9-19-36)27-38(29-34)44(35-16-6-2-7-17-35)37-20-12-15-31(26-37)30-13-4-1-5-14-30/h1-29H. The summed E-state index contributed by atoms with van der Waals surface area (Å²) in [6.07, 6.45) is 0. The van der Waals surface area contributed by atoms with Crippen molar-refractivity contribution in [1.29, 1.82) is 0 Å². The first-order chi connectivity index (χ1) is 22.2. The molecule has 7 aromatic carbocycles. The summed E-state index contributed by atoms with van der Waals surface area (Å²) in [5.74, 6) is 0. The second-order valence-electron chi connectivity index (χ2n) is 11.2. The Labute approximate surface area is 271 Å². The number of anilines is 3. The van der Waals surface area contributed by atoms with E-state index in [1.165, 1.54) is 32.9 Å². The lowest BCUT2D eigenvalue weighted by atomic mass is 10.0. The van der Waals surface area contributed by atoms with Crippen molar-refractivity contribution < 1.29 is 0 Å². The van der Waals surface area contributed by atoms with Crippen LogP contribution in [0.2, 0.25) is 0 Å². The number of nitrogens with zero attached hydrogens (tertiary/aromatic N) is 2. The Balaban J connectivity index is 1.30. The fraction of sp³-hybridized carbons (Fsp3) is 0. The first-order valence-corrected chi connectivity index (χ1v) is 15.9. The zero-order valence-electron chi connectivity index (χ0n) is 24.5. The summed E-state index contributed by atoms with van der Waals surface area (Å²) in [6, 6.07) is 62.8. The van der Waals surface area contributed by atoms with Crippen LogP contribution in [-0.4, -0.2) is 4.57 Å². The van der Waals surface area contributed by atoms with Gasteiger partial charge in [-0.25, -0.2) is 0 Å². The molecule has 0 unspecified atom stereocenters. The first-order valence-electron chi connectivity index (χ1n) is 15.1. The summed E-state index contributed by atoms with van der Waals surface area (Å²) in [4.78, 5) is 2.33. The lowest BCUT2D eigenvalue weighted by Crippen LogP contribution is -2.10. The van der Waals surface area contributed by atoms with Crippen molar-refractivity contribution >= 4 is 54.8 Å². The van der Waals surface area contributed by atoms with Crippen molar-refractivity contribution in [1.82, 2.24) is 4.57 Å². The van der Waals surface area contributed by atoms with E-state index < -0.39 is 0 Å². The average molecular weight is 642 g/mol. The molecule has 1 heterocycles. The number of aromatic nitrogens is 1. The van der Waals surface area contributed by atoms with Gasteiger partial charge < -0.3 is 9.47 Å². The van der Waals surface area contributed by atoms with Gasteiger partial charge in [0.1, 0.15) is 0 Å². The van der Waals surface area contributed by atoms with Crippen LogP contribution in [-0.2, 0) is 0 Å². The summed E-state index contributed by atoms with van der Waals surface area (Å²) >= 11 is 3.87. The molecule has 0 saturated heterocycles. The van der Waals surface area contributed by atoms with E-state index in [2.05, 4.69) is 201 Å². The molecule has 0 aliphatic heterocycles. The molecule has 45 heavy (non-hydrogen) atoms. The van der Waals surface area contributed by atoms with Gasteiger partial charge >= 0.3 is 0 Å². The van der Waals surface area contributed by atoms with E-state index in [0.717, 1.165) is 38.3 Å². The van der Waals surface area contributed by atoms with Crippen LogP contribution in [0.4, 0.5) is 17.1 Å². The van der Waals surface area contributed by atoms with Crippen LogP contribution in [0.1, 0.15) is 0 Å². The zero-order valence-corrected chi connectivity index (χ0v) is 26.1. The molecule has 0 fully saturated rings. The minimum Gasteiger partial charge on any atom is -0.310 e. The van der Waals surface area contributed by atoms with Crippen LogP contribution in [0.15, 0.2) is 180 Å². The van der Waals surface area contributed by atoms with Gasteiger partial charge in [0.25, 0.3) is 0 Å². The van der Waals surface area contributed by atoms with Crippen molar-refractivity contribution in [3.8, 4) is 27.9 Å². The van der Waals surface area contributed by atoms with E-state index in [1.54, 1.807) is 0 Å². The molecule has 2 nitrogen and oxygen atoms in total. The van der Waals surface area contributed by atoms with Crippen molar-refractivity contribution in [2.45, 2.75) is 0 Å². The van der Waals surface area contributed by atoms with Crippen molar-refractivity contribution in [2.24, 2.45) is 0 Å². The minimum atomic E-state index is 1.03. The second-order valence-corrected chi connectivity index (χ2v) is 12.1. The van der Waals surface area contributed by atoms with Gasteiger partial charge in [-0.05, 0) is 89.0 Å². The summed E-state index contributed by atoms with van der Waals surface area (Å²) in [5.41, 5.74) is 11.5. The van der Waals surface area contributed by atoms with Crippen LogP contribution in [0.3, 0.4) is 0 Å². The zero-order chi connectivity index (χ0) is 30.2. The highest BCUT2D eigenvalue weighted by molar-refractivity contribution is 9.10. The van der Waals surface area contributed by atoms with Crippen LogP contribution in [0.5, 0.6) is 0 Å². The molecule has 0 N–H and O–H groups in total. The Bertz CT molecular complexity index is 2270. The smallest absolute Gasteiger partial charge is 0.0547 e. The molecule has 0 spiro atoms. The molecule has 0 atom stereocenters. The van der Waals surface area contributed by atoms with E-state index in [1.807, 2.05) is 0 Å². The van der Waals surface area contributed by atoms with Crippen molar-refractivity contribution in [3.05, 3.63) is 180 Å². The molecule has 0 aliphatic carbocycles. The molecule has 1 aromatic heterocycles. The van der Waals surface area contributed by atoms with Gasteiger partial charge in [-0.15, -0.1) is 0 Å². The molecule has 214 valence electrons. The molecule has 3 heteroatoms. The number of rotatable bonds is 6. The Morgan fingerprint density at radius 1 is 0.378 bits per heavy atom. The Morgan fingerprint density at radius 2 is 0.978 bits per heavy atom. The van der Waals surface area contributed by atoms with Gasteiger partial charge in [-0.2, -0.15) is 0 Å². The third-order valence-electron chi connectivity index (χ3n) is 8.39. The SMILES string of the molecule is Brc1cc(-c2ccc3c4ccccc4n(-c4ccccc4)c3c2)cc(N(c2ccccc2)c2cccc(-c3ccccc3)c2)c1. The first kappa shape index (κ1) is 27.2. The molecular weight excluding hydrogens is 612 g/mol. The maximum atomic E-state index is 3.87. The van der Waals surface area contributed by atoms with Gasteiger partial charge in [-0.3, -0.25) is 0 Å². The monoisotopic (exact) mass is 640 g/mol. The highest BCUT2D eigenvalue weighted by Crippen LogP contribution is 2.41. The number of benzene rings is 7. The average Bonchev–Trinajstić information content (AvgIpc) is 3.43. The Morgan fingerprint density at radius 3 is 1.78 bits per heavy atom. The van der Waals surface area contributed by atoms with E-state index in [0.29, 0.717) is 0 Å². The minimum absolute atomic E-state index is 1.03. The molecule has 0 bridgehead atoms. The van der Waals surface area contributed by atoms with Crippen LogP contribution in [0, 0.1) is 0 Å². The predicted octanol–water partition coefficient (Wildman–Crippen LogP) is 12.3. The number of fused-ring (bicyclic) bond motifs is 3. The van der Waals surface area contributed by atoms with E-state index in [-0.39, 0.29) is 0 Å². The molecular formula is C42H29BrN2. The summed E-state index contributed by atoms with van der Waals surface area (Å²) < 4.78 is 3.40. The third-order valence-corrected chi connectivity index (χ3v) is 8.85. The number of para-hydroxylation sites is 3. The quantitative estimate of drug-likeness (QED) is 0.175.